The predicted molar refractivity (Wildman–Crippen MR) is 238 cm³/mol. The fourth-order valence-corrected chi connectivity index (χ4v) is 7.88. The Hall–Kier alpha value is -7.96. The molecule has 58 heavy (non-hydrogen) atoms. The topological polar surface area (TPSA) is 75.8 Å². The molecule has 6 aromatic carbocycles. The molecule has 2 aliphatic rings. The Bertz CT molecular complexity index is 3150. The first-order chi connectivity index (χ1) is 28.7. The van der Waals surface area contributed by atoms with Crippen LogP contribution in [-0.2, 0) is 0 Å². The lowest BCUT2D eigenvalue weighted by molar-refractivity contribution is 0.477. The summed E-state index contributed by atoms with van der Waals surface area (Å²) in [5, 5.41) is 4.48. The van der Waals surface area contributed by atoms with E-state index in [1.54, 1.807) is 0 Å². The lowest BCUT2D eigenvalue weighted by atomic mass is 10.0. The molecule has 0 fully saturated rings. The molecule has 2 aliphatic heterocycles. The first kappa shape index (κ1) is 33.4. The van der Waals surface area contributed by atoms with E-state index in [1.165, 1.54) is 0 Å². The van der Waals surface area contributed by atoms with Crippen molar-refractivity contribution in [2.75, 3.05) is 0 Å². The Morgan fingerprint density at radius 3 is 1.21 bits per heavy atom. The molecule has 9 aromatic rings. The van der Waals surface area contributed by atoms with Gasteiger partial charge in [-0.15, -0.1) is 0 Å². The van der Waals surface area contributed by atoms with Gasteiger partial charge < -0.3 is 19.4 Å². The molecule has 8 bridgehead atoms. The van der Waals surface area contributed by atoms with Crippen molar-refractivity contribution in [2.24, 2.45) is 0 Å². The fraction of sp³-hybridized carbons (Fsp3) is 0. The molecular weight excluding hydrogens is 713 g/mol. The molecule has 6 nitrogen and oxygen atoms in total. The van der Waals surface area contributed by atoms with E-state index in [9.17, 15) is 0 Å². The van der Waals surface area contributed by atoms with Crippen LogP contribution in [0.15, 0.2) is 170 Å². The summed E-state index contributed by atoms with van der Waals surface area (Å²) < 4.78 is 13.7. The lowest BCUT2D eigenvalue weighted by Gasteiger charge is -2.09. The van der Waals surface area contributed by atoms with Crippen LogP contribution in [0.4, 0.5) is 0 Å². The molecule has 274 valence electrons. The highest BCUT2D eigenvalue weighted by molar-refractivity contribution is 5.96. The lowest BCUT2D eigenvalue weighted by Crippen LogP contribution is -1.93. The Morgan fingerprint density at radius 1 is 0.328 bits per heavy atom. The number of nitrogens with one attached hydrogen (secondary N) is 2. The van der Waals surface area contributed by atoms with E-state index in [0.29, 0.717) is 28.6 Å². The van der Waals surface area contributed by atoms with Crippen LogP contribution in [0.3, 0.4) is 0 Å². The van der Waals surface area contributed by atoms with Crippen molar-refractivity contribution in [2.45, 2.75) is 0 Å². The van der Waals surface area contributed by atoms with Crippen molar-refractivity contribution < 1.29 is 9.47 Å². The minimum Gasteiger partial charge on any atom is -0.453 e. The minimum absolute atomic E-state index is 0.568. The van der Waals surface area contributed by atoms with E-state index in [-0.39, 0.29) is 0 Å². The Labute approximate surface area is 334 Å². The quantitative estimate of drug-likeness (QED) is 0.178. The van der Waals surface area contributed by atoms with E-state index < -0.39 is 0 Å². The predicted octanol–water partition coefficient (Wildman–Crippen LogP) is 13.9. The van der Waals surface area contributed by atoms with Crippen molar-refractivity contribution in [3.05, 3.63) is 193 Å². The van der Waals surface area contributed by atoms with Crippen LogP contribution in [0.5, 0.6) is 23.0 Å². The van der Waals surface area contributed by atoms with Gasteiger partial charge in [-0.25, -0.2) is 9.97 Å². The SMILES string of the molecule is C1=Cc2nc1c(Oc1ccc3ccccc3c1)c1nc(c(-c3ccccc3)c3ccc([nH]3)c(Oc3ccc4ccccc4c3)c3ccc([nH]3)c2-c2ccccc2)C=C1. The number of hydrogen-bond acceptors (Lipinski definition) is 4. The van der Waals surface area contributed by atoms with Gasteiger partial charge in [0, 0.05) is 22.2 Å². The third-order valence-corrected chi connectivity index (χ3v) is 10.7. The highest BCUT2D eigenvalue weighted by atomic mass is 16.5. The van der Waals surface area contributed by atoms with Crippen LogP contribution < -0.4 is 9.47 Å². The second-order valence-corrected chi connectivity index (χ2v) is 14.4. The Kier molecular flexibility index (Phi) is 8.04. The largest absolute Gasteiger partial charge is 0.453 e. The van der Waals surface area contributed by atoms with Gasteiger partial charge in [-0.1, -0.05) is 121 Å². The average molecular weight is 747 g/mol. The van der Waals surface area contributed by atoms with Crippen LogP contribution >= 0.6 is 0 Å². The second kappa shape index (κ2) is 14.0. The molecule has 0 unspecified atom stereocenters. The summed E-state index contributed by atoms with van der Waals surface area (Å²) in [4.78, 5) is 18.1. The van der Waals surface area contributed by atoms with Gasteiger partial charge in [0.25, 0.3) is 0 Å². The standard InChI is InChI=1S/C52H34N4O2/c1-3-13-35(14-4-1)49-41-23-27-45(53-41)51(57-39-21-19-33-11-7-9-17-37(33)31-39)47-29-25-43(55-47)50(36-15-5-2-6-16-36)44-26-30-48(56-44)52(46-28-24-42(49)54-46)58-40-22-20-34-12-8-10-18-38(34)32-40/h1-32,53,55H. The first-order valence-electron chi connectivity index (χ1n) is 19.3. The van der Waals surface area contributed by atoms with E-state index in [2.05, 4.69) is 119 Å². The molecule has 6 heteroatoms. The number of benzene rings is 6. The van der Waals surface area contributed by atoms with Gasteiger partial charge in [0.05, 0.1) is 22.4 Å². The number of rotatable bonds is 6. The van der Waals surface area contributed by atoms with Gasteiger partial charge in [0.2, 0.25) is 0 Å². The van der Waals surface area contributed by atoms with E-state index in [0.717, 1.165) is 83.0 Å². The van der Waals surface area contributed by atoms with Crippen LogP contribution in [0.1, 0.15) is 22.8 Å². The monoisotopic (exact) mass is 746 g/mol. The van der Waals surface area contributed by atoms with Crippen molar-refractivity contribution in [3.8, 4) is 45.3 Å². The molecule has 0 saturated heterocycles. The van der Waals surface area contributed by atoms with E-state index in [1.807, 2.05) is 84.9 Å². The highest BCUT2D eigenvalue weighted by Gasteiger charge is 2.20. The zero-order valence-electron chi connectivity index (χ0n) is 31.2. The third-order valence-electron chi connectivity index (χ3n) is 10.7. The van der Waals surface area contributed by atoms with Crippen LogP contribution in [0, 0.1) is 0 Å². The summed E-state index contributed by atoms with van der Waals surface area (Å²) in [7, 11) is 0. The summed E-state index contributed by atoms with van der Waals surface area (Å²) >= 11 is 0. The van der Waals surface area contributed by atoms with Crippen LogP contribution in [0.25, 0.3) is 90.2 Å². The van der Waals surface area contributed by atoms with Crippen LogP contribution in [0.2, 0.25) is 0 Å². The number of aromatic amines is 2. The molecule has 0 atom stereocenters. The molecule has 0 amide bonds. The molecular formula is C52H34N4O2. The Balaban J connectivity index is 1.22. The third kappa shape index (κ3) is 6.10. The Morgan fingerprint density at radius 2 is 0.724 bits per heavy atom. The number of hydrogen-bond donors (Lipinski definition) is 2. The van der Waals surface area contributed by atoms with Gasteiger partial charge in [0.1, 0.15) is 22.9 Å². The zero-order valence-corrected chi connectivity index (χ0v) is 31.2. The van der Waals surface area contributed by atoms with Gasteiger partial charge in [-0.3, -0.25) is 0 Å². The smallest absolute Gasteiger partial charge is 0.178 e. The molecule has 5 heterocycles. The maximum Gasteiger partial charge on any atom is 0.178 e. The summed E-state index contributed by atoms with van der Waals surface area (Å²) in [5.41, 5.74) is 10.3. The average Bonchev–Trinajstić information content (AvgIpc) is 4.12. The van der Waals surface area contributed by atoms with Gasteiger partial charge in [-0.2, -0.15) is 0 Å². The highest BCUT2D eigenvalue weighted by Crippen LogP contribution is 2.40. The van der Waals surface area contributed by atoms with Crippen molar-refractivity contribution in [1.29, 1.82) is 0 Å². The van der Waals surface area contributed by atoms with Gasteiger partial charge in [0.15, 0.2) is 11.5 Å². The van der Waals surface area contributed by atoms with Gasteiger partial charge in [-0.05, 0) is 106 Å². The van der Waals surface area contributed by atoms with Crippen LogP contribution in [-0.4, -0.2) is 19.9 Å². The van der Waals surface area contributed by atoms with Gasteiger partial charge >= 0.3 is 0 Å². The van der Waals surface area contributed by atoms with E-state index >= 15 is 0 Å². The number of nitrogens with zero attached hydrogens (tertiary/aromatic N) is 2. The second-order valence-electron chi connectivity index (χ2n) is 14.4. The molecule has 11 rings (SSSR count). The molecule has 0 saturated carbocycles. The normalized spacial score (nSPS) is 12.0. The summed E-state index contributed by atoms with van der Waals surface area (Å²) in [5.74, 6) is 2.66. The molecule has 0 aliphatic carbocycles. The minimum atomic E-state index is 0.568. The van der Waals surface area contributed by atoms with Crippen molar-refractivity contribution >= 4 is 67.9 Å². The fourth-order valence-electron chi connectivity index (χ4n) is 7.88. The number of ether oxygens (including phenoxy) is 2. The number of aromatic nitrogens is 4. The van der Waals surface area contributed by atoms with Crippen molar-refractivity contribution in [1.82, 2.24) is 19.9 Å². The zero-order chi connectivity index (χ0) is 38.4. The number of fused-ring (bicyclic) bond motifs is 10. The maximum atomic E-state index is 6.88. The maximum absolute atomic E-state index is 6.88. The van der Waals surface area contributed by atoms with E-state index in [4.69, 9.17) is 19.4 Å². The molecule has 3 aromatic heterocycles. The molecule has 2 N–H and O–H groups in total. The molecule has 0 spiro atoms. The first-order valence-corrected chi connectivity index (χ1v) is 19.3. The molecule has 0 radical (unpaired) electrons. The summed E-state index contributed by atoms with van der Waals surface area (Å²) in [6, 6.07) is 57.9. The number of H-pyrrole nitrogens is 2. The summed E-state index contributed by atoms with van der Waals surface area (Å²) in [6.07, 6.45) is 8.14. The van der Waals surface area contributed by atoms with Crippen molar-refractivity contribution in [3.63, 3.8) is 0 Å². The summed E-state index contributed by atoms with van der Waals surface area (Å²) in [6.45, 7) is 0.